The number of aromatic nitrogens is 3. The molecule has 0 atom stereocenters. The van der Waals surface area contributed by atoms with Crippen molar-refractivity contribution in [3.63, 3.8) is 0 Å². The van der Waals surface area contributed by atoms with Gasteiger partial charge < -0.3 is 4.98 Å². The number of imidazole rings is 1. The molecular weight excluding hydrogens is 229 g/mol. The molecule has 0 aliphatic heterocycles. The van der Waals surface area contributed by atoms with Gasteiger partial charge in [0.05, 0.1) is 5.52 Å². The number of halogens is 1. The Balaban J connectivity index is 1.81. The zero-order valence-electron chi connectivity index (χ0n) is 9.73. The summed E-state index contributed by atoms with van der Waals surface area (Å²) in [7, 11) is 0. The van der Waals surface area contributed by atoms with Gasteiger partial charge in [0.25, 0.3) is 0 Å². The van der Waals surface area contributed by atoms with Gasteiger partial charge in [-0.3, -0.25) is 4.98 Å². The highest BCUT2D eigenvalue weighted by Crippen LogP contribution is 2.15. The number of benzene rings is 1. The molecule has 0 unspecified atom stereocenters. The minimum atomic E-state index is -0.279. The molecule has 2 aromatic heterocycles. The standard InChI is InChI=1S/C14H12FN3/c15-11-2-1-3-12-14(11)18-13(17-12)5-4-10-6-8-16-9-7-10/h1-3,6-9H,4-5H2,(H,17,18). The SMILES string of the molecule is Fc1cccc2[nH]c(CCc3ccncc3)nc12. The van der Waals surface area contributed by atoms with E-state index < -0.39 is 0 Å². The lowest BCUT2D eigenvalue weighted by Gasteiger charge is -1.97. The van der Waals surface area contributed by atoms with E-state index in [-0.39, 0.29) is 5.82 Å². The van der Waals surface area contributed by atoms with Gasteiger partial charge >= 0.3 is 0 Å². The van der Waals surface area contributed by atoms with Gasteiger partial charge in [-0.1, -0.05) is 6.07 Å². The molecule has 0 aliphatic carbocycles. The molecule has 0 aliphatic rings. The van der Waals surface area contributed by atoms with Crippen molar-refractivity contribution in [3.8, 4) is 0 Å². The predicted molar refractivity (Wildman–Crippen MR) is 67.7 cm³/mol. The minimum Gasteiger partial charge on any atom is -0.342 e. The summed E-state index contributed by atoms with van der Waals surface area (Å²) in [5, 5.41) is 0. The van der Waals surface area contributed by atoms with Crippen molar-refractivity contribution in [1.29, 1.82) is 0 Å². The largest absolute Gasteiger partial charge is 0.342 e. The quantitative estimate of drug-likeness (QED) is 0.766. The summed E-state index contributed by atoms with van der Waals surface area (Å²) in [4.78, 5) is 11.4. The average Bonchev–Trinajstić information content (AvgIpc) is 2.82. The zero-order valence-corrected chi connectivity index (χ0v) is 9.73. The normalized spacial score (nSPS) is 10.9. The minimum absolute atomic E-state index is 0.279. The van der Waals surface area contributed by atoms with E-state index in [4.69, 9.17) is 0 Å². The molecule has 3 aromatic rings. The second kappa shape index (κ2) is 4.56. The van der Waals surface area contributed by atoms with Crippen molar-refractivity contribution < 1.29 is 4.39 Å². The van der Waals surface area contributed by atoms with Crippen molar-refractivity contribution in [2.45, 2.75) is 12.8 Å². The number of nitrogens with zero attached hydrogens (tertiary/aromatic N) is 2. The number of rotatable bonds is 3. The lowest BCUT2D eigenvalue weighted by atomic mass is 10.1. The van der Waals surface area contributed by atoms with E-state index in [1.54, 1.807) is 18.5 Å². The first-order valence-electron chi connectivity index (χ1n) is 5.85. The number of pyridine rings is 1. The van der Waals surface area contributed by atoms with E-state index >= 15 is 0 Å². The van der Waals surface area contributed by atoms with Crippen molar-refractivity contribution in [2.24, 2.45) is 0 Å². The van der Waals surface area contributed by atoms with Gasteiger partial charge in [-0.05, 0) is 36.2 Å². The zero-order chi connectivity index (χ0) is 12.4. The maximum Gasteiger partial charge on any atom is 0.151 e. The Morgan fingerprint density at radius 1 is 1.06 bits per heavy atom. The first-order valence-corrected chi connectivity index (χ1v) is 5.85. The van der Waals surface area contributed by atoms with Crippen LogP contribution in [0, 0.1) is 5.82 Å². The van der Waals surface area contributed by atoms with Gasteiger partial charge in [0, 0.05) is 18.8 Å². The molecule has 0 saturated heterocycles. The molecule has 0 spiro atoms. The van der Waals surface area contributed by atoms with Crippen LogP contribution in [0.15, 0.2) is 42.7 Å². The molecule has 18 heavy (non-hydrogen) atoms. The number of H-pyrrole nitrogens is 1. The maximum absolute atomic E-state index is 13.5. The summed E-state index contributed by atoms with van der Waals surface area (Å²) >= 11 is 0. The second-order valence-electron chi connectivity index (χ2n) is 4.17. The van der Waals surface area contributed by atoms with Crippen LogP contribution in [-0.4, -0.2) is 15.0 Å². The Morgan fingerprint density at radius 3 is 2.67 bits per heavy atom. The smallest absolute Gasteiger partial charge is 0.151 e. The fourth-order valence-corrected chi connectivity index (χ4v) is 1.98. The van der Waals surface area contributed by atoms with Crippen LogP contribution >= 0.6 is 0 Å². The van der Waals surface area contributed by atoms with Crippen molar-refractivity contribution >= 4 is 11.0 Å². The summed E-state index contributed by atoms with van der Waals surface area (Å²) in [5.41, 5.74) is 2.37. The van der Waals surface area contributed by atoms with Crippen LogP contribution in [0.2, 0.25) is 0 Å². The van der Waals surface area contributed by atoms with Crippen LogP contribution in [-0.2, 0) is 12.8 Å². The summed E-state index contributed by atoms with van der Waals surface area (Å²) < 4.78 is 13.5. The highest BCUT2D eigenvalue weighted by molar-refractivity contribution is 5.75. The molecule has 1 aromatic carbocycles. The number of hydrogen-bond donors (Lipinski definition) is 1. The number of hydrogen-bond acceptors (Lipinski definition) is 2. The molecule has 0 saturated carbocycles. The Hall–Kier alpha value is -2.23. The third-order valence-corrected chi connectivity index (χ3v) is 2.91. The second-order valence-corrected chi connectivity index (χ2v) is 4.17. The van der Waals surface area contributed by atoms with Crippen molar-refractivity contribution in [2.75, 3.05) is 0 Å². The van der Waals surface area contributed by atoms with Gasteiger partial charge in [-0.25, -0.2) is 9.37 Å². The van der Waals surface area contributed by atoms with Crippen LogP contribution in [0.1, 0.15) is 11.4 Å². The van der Waals surface area contributed by atoms with E-state index in [9.17, 15) is 4.39 Å². The highest BCUT2D eigenvalue weighted by atomic mass is 19.1. The first-order chi connectivity index (χ1) is 8.83. The molecule has 0 bridgehead atoms. The molecule has 4 heteroatoms. The van der Waals surface area contributed by atoms with Crippen LogP contribution in [0.4, 0.5) is 4.39 Å². The van der Waals surface area contributed by atoms with Crippen LogP contribution in [0.5, 0.6) is 0 Å². The Bertz CT molecular complexity index is 661. The Labute approximate surface area is 104 Å². The van der Waals surface area contributed by atoms with E-state index in [2.05, 4.69) is 15.0 Å². The van der Waals surface area contributed by atoms with Gasteiger partial charge in [0.15, 0.2) is 5.82 Å². The van der Waals surface area contributed by atoms with Gasteiger partial charge in [0.1, 0.15) is 11.3 Å². The molecule has 3 rings (SSSR count). The van der Waals surface area contributed by atoms with E-state index in [0.717, 1.165) is 24.2 Å². The molecule has 90 valence electrons. The van der Waals surface area contributed by atoms with Crippen LogP contribution in [0.25, 0.3) is 11.0 Å². The molecule has 2 heterocycles. The number of aryl methyl sites for hydroxylation is 2. The average molecular weight is 241 g/mol. The fraction of sp³-hybridized carbons (Fsp3) is 0.143. The van der Waals surface area contributed by atoms with Crippen molar-refractivity contribution in [3.05, 3.63) is 59.9 Å². The molecule has 3 nitrogen and oxygen atoms in total. The Kier molecular flexibility index (Phi) is 2.76. The first kappa shape index (κ1) is 10.9. The topological polar surface area (TPSA) is 41.6 Å². The third kappa shape index (κ3) is 2.09. The molecule has 1 N–H and O–H groups in total. The highest BCUT2D eigenvalue weighted by Gasteiger charge is 2.06. The number of nitrogens with one attached hydrogen (secondary N) is 1. The monoisotopic (exact) mass is 241 g/mol. The molecule has 0 radical (unpaired) electrons. The van der Waals surface area contributed by atoms with Gasteiger partial charge in [-0.15, -0.1) is 0 Å². The van der Waals surface area contributed by atoms with E-state index in [1.165, 1.54) is 11.6 Å². The number of fused-ring (bicyclic) bond motifs is 1. The van der Waals surface area contributed by atoms with Crippen LogP contribution in [0.3, 0.4) is 0 Å². The molecule has 0 amide bonds. The lowest BCUT2D eigenvalue weighted by Crippen LogP contribution is -1.93. The van der Waals surface area contributed by atoms with E-state index in [1.807, 2.05) is 18.2 Å². The predicted octanol–water partition coefficient (Wildman–Crippen LogP) is 2.88. The molecule has 0 fully saturated rings. The lowest BCUT2D eigenvalue weighted by molar-refractivity contribution is 0.637. The fourth-order valence-electron chi connectivity index (χ4n) is 1.98. The van der Waals surface area contributed by atoms with E-state index in [0.29, 0.717) is 5.52 Å². The van der Waals surface area contributed by atoms with Gasteiger partial charge in [0.2, 0.25) is 0 Å². The number of aromatic amines is 1. The number of para-hydroxylation sites is 1. The third-order valence-electron chi connectivity index (χ3n) is 2.91. The maximum atomic E-state index is 13.5. The summed E-state index contributed by atoms with van der Waals surface area (Å²) in [6.07, 6.45) is 5.17. The summed E-state index contributed by atoms with van der Waals surface area (Å²) in [6.45, 7) is 0. The summed E-state index contributed by atoms with van der Waals surface area (Å²) in [6, 6.07) is 8.89. The molecular formula is C14H12FN3. The van der Waals surface area contributed by atoms with Crippen LogP contribution < -0.4 is 0 Å². The van der Waals surface area contributed by atoms with Crippen molar-refractivity contribution in [1.82, 2.24) is 15.0 Å². The summed E-state index contributed by atoms with van der Waals surface area (Å²) in [5.74, 6) is 0.533. The van der Waals surface area contributed by atoms with Gasteiger partial charge in [-0.2, -0.15) is 0 Å². The Morgan fingerprint density at radius 2 is 1.89 bits per heavy atom.